The van der Waals surface area contributed by atoms with E-state index in [1.165, 1.54) is 18.2 Å². The van der Waals surface area contributed by atoms with E-state index >= 15 is 0 Å². The SMILES string of the molecule is Cl.O=C(Nc1ccc2c(c1)OC(F)(F)O2)[C@@H]1CCCCN1. The van der Waals surface area contributed by atoms with Gasteiger partial charge in [0.25, 0.3) is 0 Å². The number of halogens is 3. The third kappa shape index (κ3) is 3.54. The molecule has 0 radical (unpaired) electrons. The fourth-order valence-corrected chi connectivity index (χ4v) is 2.33. The van der Waals surface area contributed by atoms with Gasteiger partial charge in [0.1, 0.15) is 0 Å². The second kappa shape index (κ2) is 6.03. The molecule has 0 unspecified atom stereocenters. The summed E-state index contributed by atoms with van der Waals surface area (Å²) in [5, 5.41) is 5.80. The Bertz CT molecular complexity index is 536. The average molecular weight is 321 g/mol. The fraction of sp³-hybridized carbons (Fsp3) is 0.462. The number of hydrogen-bond donors (Lipinski definition) is 2. The standard InChI is InChI=1S/C13H14F2N2O3.ClH/c14-13(15)19-10-5-4-8(7-11(10)20-13)17-12(18)9-3-1-2-6-16-9;/h4-5,7,9,16H,1-3,6H2,(H,17,18);1H/t9-;/m0./s1. The van der Waals surface area contributed by atoms with Crippen molar-refractivity contribution in [2.24, 2.45) is 0 Å². The van der Waals surface area contributed by atoms with E-state index in [4.69, 9.17) is 0 Å². The van der Waals surface area contributed by atoms with Crippen LogP contribution in [0.3, 0.4) is 0 Å². The molecule has 2 N–H and O–H groups in total. The van der Waals surface area contributed by atoms with Crippen LogP contribution in [0.4, 0.5) is 14.5 Å². The molecule has 2 heterocycles. The first kappa shape index (κ1) is 15.8. The van der Waals surface area contributed by atoms with Crippen LogP contribution in [0.1, 0.15) is 19.3 Å². The van der Waals surface area contributed by atoms with Crippen LogP contribution in [0.5, 0.6) is 11.5 Å². The maximum atomic E-state index is 12.9. The van der Waals surface area contributed by atoms with Crippen molar-refractivity contribution in [3.63, 3.8) is 0 Å². The summed E-state index contributed by atoms with van der Waals surface area (Å²) >= 11 is 0. The van der Waals surface area contributed by atoms with Crippen molar-refractivity contribution in [3.8, 4) is 11.5 Å². The van der Waals surface area contributed by atoms with Crippen molar-refractivity contribution in [1.29, 1.82) is 0 Å². The van der Waals surface area contributed by atoms with Gasteiger partial charge < -0.3 is 20.1 Å². The van der Waals surface area contributed by atoms with E-state index in [2.05, 4.69) is 20.1 Å². The molecular formula is C13H15ClF2N2O3. The Kier molecular flexibility index (Phi) is 4.53. The highest BCUT2D eigenvalue weighted by atomic mass is 35.5. The molecule has 21 heavy (non-hydrogen) atoms. The lowest BCUT2D eigenvalue weighted by Crippen LogP contribution is -2.43. The number of carbonyl (C=O) groups is 1. The number of amides is 1. The molecule has 0 saturated carbocycles. The Morgan fingerprint density at radius 1 is 1.29 bits per heavy atom. The van der Waals surface area contributed by atoms with Gasteiger partial charge >= 0.3 is 6.29 Å². The molecule has 1 aromatic rings. The predicted octanol–water partition coefficient (Wildman–Crippen LogP) is 2.51. The van der Waals surface area contributed by atoms with Crippen molar-refractivity contribution in [3.05, 3.63) is 18.2 Å². The van der Waals surface area contributed by atoms with Gasteiger partial charge in [-0.25, -0.2) is 0 Å². The first-order chi connectivity index (χ1) is 9.53. The van der Waals surface area contributed by atoms with Gasteiger partial charge in [-0.1, -0.05) is 6.42 Å². The predicted molar refractivity (Wildman–Crippen MR) is 74.2 cm³/mol. The van der Waals surface area contributed by atoms with Gasteiger partial charge in [0.05, 0.1) is 6.04 Å². The summed E-state index contributed by atoms with van der Waals surface area (Å²) in [6, 6.07) is 3.94. The second-order valence-corrected chi connectivity index (χ2v) is 4.82. The first-order valence-corrected chi connectivity index (χ1v) is 6.48. The van der Waals surface area contributed by atoms with Gasteiger partial charge in [-0.15, -0.1) is 21.2 Å². The lowest BCUT2D eigenvalue weighted by atomic mass is 10.0. The third-order valence-electron chi connectivity index (χ3n) is 3.30. The number of benzene rings is 1. The normalized spacial score (nSPS) is 22.3. The molecule has 1 fully saturated rings. The maximum absolute atomic E-state index is 12.9. The Hall–Kier alpha value is -1.60. The number of alkyl halides is 2. The van der Waals surface area contributed by atoms with Crippen LogP contribution in [0.2, 0.25) is 0 Å². The molecule has 2 aliphatic heterocycles. The highest BCUT2D eigenvalue weighted by Crippen LogP contribution is 2.42. The molecule has 1 aromatic carbocycles. The summed E-state index contributed by atoms with van der Waals surface area (Å²) in [5.74, 6) is -0.288. The number of nitrogens with one attached hydrogen (secondary N) is 2. The summed E-state index contributed by atoms with van der Waals surface area (Å²) in [5.41, 5.74) is 0.405. The molecule has 1 atom stereocenters. The smallest absolute Gasteiger partial charge is 0.395 e. The van der Waals surface area contributed by atoms with Crippen LogP contribution in [-0.2, 0) is 4.79 Å². The number of carbonyl (C=O) groups excluding carboxylic acids is 1. The molecule has 3 rings (SSSR count). The van der Waals surface area contributed by atoms with Crippen LogP contribution >= 0.6 is 12.4 Å². The van der Waals surface area contributed by atoms with Crippen LogP contribution in [0.25, 0.3) is 0 Å². The molecule has 8 heteroatoms. The Labute approximate surface area is 126 Å². The van der Waals surface area contributed by atoms with E-state index in [-0.39, 0.29) is 35.9 Å². The Morgan fingerprint density at radius 3 is 2.76 bits per heavy atom. The molecule has 0 aromatic heterocycles. The van der Waals surface area contributed by atoms with E-state index < -0.39 is 6.29 Å². The Balaban J connectivity index is 0.00000161. The summed E-state index contributed by atoms with van der Waals surface area (Å²) < 4.78 is 34.4. The van der Waals surface area contributed by atoms with Crippen molar-refractivity contribution in [2.45, 2.75) is 31.6 Å². The van der Waals surface area contributed by atoms with E-state index in [1.54, 1.807) is 0 Å². The minimum Gasteiger partial charge on any atom is -0.395 e. The van der Waals surface area contributed by atoms with E-state index in [0.717, 1.165) is 25.8 Å². The van der Waals surface area contributed by atoms with Gasteiger partial charge in [-0.3, -0.25) is 4.79 Å². The minimum absolute atomic E-state index is 0. The maximum Gasteiger partial charge on any atom is 0.586 e. The zero-order valence-electron chi connectivity index (χ0n) is 11.0. The molecule has 2 aliphatic rings. The average Bonchev–Trinajstić information content (AvgIpc) is 2.73. The largest absolute Gasteiger partial charge is 0.586 e. The van der Waals surface area contributed by atoms with Crippen molar-refractivity contribution in [1.82, 2.24) is 5.32 Å². The number of fused-ring (bicyclic) bond motifs is 1. The Morgan fingerprint density at radius 2 is 2.05 bits per heavy atom. The molecular weight excluding hydrogens is 306 g/mol. The topological polar surface area (TPSA) is 59.6 Å². The first-order valence-electron chi connectivity index (χ1n) is 6.48. The van der Waals surface area contributed by atoms with E-state index in [1.807, 2.05) is 0 Å². The van der Waals surface area contributed by atoms with Crippen LogP contribution in [-0.4, -0.2) is 24.8 Å². The summed E-state index contributed by atoms with van der Waals surface area (Å²) in [4.78, 5) is 12.0. The molecule has 0 bridgehead atoms. The van der Waals surface area contributed by atoms with Crippen LogP contribution in [0, 0.1) is 0 Å². The van der Waals surface area contributed by atoms with Crippen LogP contribution < -0.4 is 20.1 Å². The summed E-state index contributed by atoms with van der Waals surface area (Å²) in [6.45, 7) is 0.811. The molecule has 116 valence electrons. The zero-order valence-corrected chi connectivity index (χ0v) is 11.8. The monoisotopic (exact) mass is 320 g/mol. The summed E-state index contributed by atoms with van der Waals surface area (Å²) in [6.07, 6.45) is -0.814. The van der Waals surface area contributed by atoms with Gasteiger partial charge in [0.15, 0.2) is 11.5 Å². The van der Waals surface area contributed by atoms with E-state index in [0.29, 0.717) is 5.69 Å². The zero-order chi connectivity index (χ0) is 14.2. The van der Waals surface area contributed by atoms with Crippen LogP contribution in [0.15, 0.2) is 18.2 Å². The number of rotatable bonds is 2. The highest BCUT2D eigenvalue weighted by molar-refractivity contribution is 5.95. The lowest BCUT2D eigenvalue weighted by Gasteiger charge is -2.22. The second-order valence-electron chi connectivity index (χ2n) is 4.82. The minimum atomic E-state index is -3.64. The fourth-order valence-electron chi connectivity index (χ4n) is 2.33. The third-order valence-corrected chi connectivity index (χ3v) is 3.30. The molecule has 1 amide bonds. The van der Waals surface area contributed by atoms with E-state index in [9.17, 15) is 13.6 Å². The highest BCUT2D eigenvalue weighted by Gasteiger charge is 2.43. The van der Waals surface area contributed by atoms with Crippen molar-refractivity contribution in [2.75, 3.05) is 11.9 Å². The van der Waals surface area contributed by atoms with Gasteiger partial charge in [0, 0.05) is 11.8 Å². The molecule has 0 spiro atoms. The number of piperidine rings is 1. The van der Waals surface area contributed by atoms with Crippen molar-refractivity contribution < 1.29 is 23.0 Å². The lowest BCUT2D eigenvalue weighted by molar-refractivity contribution is -0.286. The summed E-state index contributed by atoms with van der Waals surface area (Å²) in [7, 11) is 0. The molecule has 5 nitrogen and oxygen atoms in total. The number of ether oxygens (including phenoxy) is 2. The molecule has 1 saturated heterocycles. The van der Waals surface area contributed by atoms with Crippen molar-refractivity contribution >= 4 is 24.0 Å². The van der Waals surface area contributed by atoms with Gasteiger partial charge in [-0.05, 0) is 31.5 Å². The number of hydrogen-bond acceptors (Lipinski definition) is 4. The van der Waals surface area contributed by atoms with Gasteiger partial charge in [-0.2, -0.15) is 0 Å². The number of anilines is 1. The van der Waals surface area contributed by atoms with Gasteiger partial charge in [0.2, 0.25) is 5.91 Å². The quantitative estimate of drug-likeness (QED) is 0.879. The molecule has 0 aliphatic carbocycles.